The van der Waals surface area contributed by atoms with Gasteiger partial charge in [-0.1, -0.05) is 19.6 Å². The van der Waals surface area contributed by atoms with E-state index in [2.05, 4.69) is 20.1 Å². The lowest BCUT2D eigenvalue weighted by molar-refractivity contribution is 0.138. The van der Waals surface area contributed by atoms with Crippen molar-refractivity contribution in [1.82, 2.24) is 0 Å². The molecule has 0 saturated heterocycles. The van der Waals surface area contributed by atoms with Crippen LogP contribution in [0.1, 0.15) is 20.3 Å². The first-order chi connectivity index (χ1) is 6.24. The van der Waals surface area contributed by atoms with E-state index in [9.17, 15) is 0 Å². The Morgan fingerprint density at radius 2 is 2.15 bits per heavy atom. The van der Waals surface area contributed by atoms with Crippen LogP contribution in [0.4, 0.5) is 0 Å². The number of ether oxygens (including phenoxy) is 2. The highest BCUT2D eigenvalue weighted by molar-refractivity contribution is 5.12. The van der Waals surface area contributed by atoms with E-state index in [1.165, 1.54) is 6.26 Å². The summed E-state index contributed by atoms with van der Waals surface area (Å²) in [6, 6.07) is 0. The van der Waals surface area contributed by atoms with Crippen LogP contribution in [0.2, 0.25) is 0 Å². The van der Waals surface area contributed by atoms with Gasteiger partial charge < -0.3 is 9.47 Å². The van der Waals surface area contributed by atoms with Crippen LogP contribution in [0, 0.1) is 0 Å². The first-order valence-corrected chi connectivity index (χ1v) is 4.21. The Bertz CT molecular complexity index is 224. The number of rotatable bonds is 6. The van der Waals surface area contributed by atoms with E-state index in [1.807, 2.05) is 25.2 Å². The zero-order chi connectivity index (χ0) is 10.1. The van der Waals surface area contributed by atoms with Gasteiger partial charge >= 0.3 is 0 Å². The minimum Gasteiger partial charge on any atom is -0.435 e. The Balaban J connectivity index is 4.06. The molecule has 0 aliphatic carbocycles. The summed E-state index contributed by atoms with van der Waals surface area (Å²) in [6.07, 6.45) is 7.95. The maximum atomic E-state index is 5.23. The molecule has 0 fully saturated rings. The Morgan fingerprint density at radius 1 is 1.46 bits per heavy atom. The quantitative estimate of drug-likeness (QED) is 0.460. The summed E-state index contributed by atoms with van der Waals surface area (Å²) in [5, 5.41) is 0. The molecular formula is C11H16O2. The second-order valence-corrected chi connectivity index (χ2v) is 2.26. The predicted molar refractivity (Wildman–Crippen MR) is 54.7 cm³/mol. The van der Waals surface area contributed by atoms with E-state index in [0.29, 0.717) is 5.76 Å². The maximum absolute atomic E-state index is 5.23. The summed E-state index contributed by atoms with van der Waals surface area (Å²) in [7, 11) is 0. The van der Waals surface area contributed by atoms with Crippen LogP contribution in [0.3, 0.4) is 0 Å². The molecule has 0 amide bonds. The molecule has 2 nitrogen and oxygen atoms in total. The van der Waals surface area contributed by atoms with Gasteiger partial charge in [0.15, 0.2) is 0 Å². The van der Waals surface area contributed by atoms with Crippen molar-refractivity contribution in [2.24, 2.45) is 0 Å². The normalized spacial score (nSPS) is 11.4. The van der Waals surface area contributed by atoms with Gasteiger partial charge in [-0.2, -0.15) is 0 Å². The van der Waals surface area contributed by atoms with Gasteiger partial charge in [-0.25, -0.2) is 0 Å². The largest absolute Gasteiger partial charge is 0.435 e. The first kappa shape index (κ1) is 11.6. The summed E-state index contributed by atoms with van der Waals surface area (Å²) in [5.41, 5.74) is 0. The van der Waals surface area contributed by atoms with Crippen molar-refractivity contribution < 1.29 is 9.47 Å². The molecule has 0 bridgehead atoms. The van der Waals surface area contributed by atoms with Crippen molar-refractivity contribution in [3.63, 3.8) is 0 Å². The van der Waals surface area contributed by atoms with Crippen molar-refractivity contribution in [1.29, 1.82) is 0 Å². The zero-order valence-corrected chi connectivity index (χ0v) is 8.25. The molecular weight excluding hydrogens is 164 g/mol. The fourth-order valence-electron chi connectivity index (χ4n) is 0.672. The van der Waals surface area contributed by atoms with Crippen LogP contribution in [0.25, 0.3) is 0 Å². The number of hydrogen-bond donors (Lipinski definition) is 0. The van der Waals surface area contributed by atoms with E-state index < -0.39 is 0 Å². The molecule has 0 spiro atoms. The van der Waals surface area contributed by atoms with Crippen molar-refractivity contribution in [2.45, 2.75) is 20.3 Å². The summed E-state index contributed by atoms with van der Waals surface area (Å²) >= 11 is 0. The fraction of sp³-hybridized carbons (Fsp3) is 0.273. The zero-order valence-electron chi connectivity index (χ0n) is 8.25. The Kier molecular flexibility index (Phi) is 6.42. The topological polar surface area (TPSA) is 18.5 Å². The molecule has 2 heteroatoms. The monoisotopic (exact) mass is 180 g/mol. The van der Waals surface area contributed by atoms with E-state index in [1.54, 1.807) is 0 Å². The van der Waals surface area contributed by atoms with Gasteiger partial charge in [0.05, 0.1) is 6.26 Å². The lowest BCUT2D eigenvalue weighted by Gasteiger charge is -2.06. The average molecular weight is 180 g/mol. The number of hydrogen-bond acceptors (Lipinski definition) is 2. The van der Waals surface area contributed by atoms with Crippen LogP contribution in [-0.4, -0.2) is 0 Å². The molecule has 0 aromatic rings. The van der Waals surface area contributed by atoms with E-state index in [0.717, 1.165) is 6.42 Å². The van der Waals surface area contributed by atoms with E-state index in [-0.39, 0.29) is 5.95 Å². The van der Waals surface area contributed by atoms with Crippen LogP contribution in [0.5, 0.6) is 0 Å². The van der Waals surface area contributed by atoms with Gasteiger partial charge in [-0.05, 0) is 32.1 Å². The van der Waals surface area contributed by atoms with Crippen LogP contribution in [-0.2, 0) is 9.47 Å². The van der Waals surface area contributed by atoms with Crippen molar-refractivity contribution >= 4 is 0 Å². The highest BCUT2D eigenvalue weighted by Crippen LogP contribution is 2.07. The molecule has 0 aliphatic rings. The van der Waals surface area contributed by atoms with Gasteiger partial charge in [0.2, 0.25) is 0 Å². The average Bonchev–Trinajstić information content (AvgIpc) is 2.12. The van der Waals surface area contributed by atoms with Gasteiger partial charge in [0.25, 0.3) is 5.95 Å². The molecule has 13 heavy (non-hydrogen) atoms. The van der Waals surface area contributed by atoms with Gasteiger partial charge in [-0.15, -0.1) is 0 Å². The highest BCUT2D eigenvalue weighted by atomic mass is 16.7. The molecule has 0 atom stereocenters. The third kappa shape index (κ3) is 5.79. The highest BCUT2D eigenvalue weighted by Gasteiger charge is 1.95. The van der Waals surface area contributed by atoms with E-state index >= 15 is 0 Å². The summed E-state index contributed by atoms with van der Waals surface area (Å²) < 4.78 is 10.1. The standard InChI is InChI=1S/C11H16O2/c1-5-8-9-11(6-2)13-10(4)12-7-3/h6-9H,3-5H2,1-2H3. The lowest BCUT2D eigenvalue weighted by Crippen LogP contribution is -1.90. The molecule has 0 aliphatic heterocycles. The SMILES string of the molecule is C=COC(=C)OC(C=CCC)=CC. The molecule has 0 unspecified atom stereocenters. The first-order valence-electron chi connectivity index (χ1n) is 4.21. The predicted octanol–water partition coefficient (Wildman–Crippen LogP) is 3.50. The second kappa shape index (κ2) is 7.22. The molecule has 0 radical (unpaired) electrons. The van der Waals surface area contributed by atoms with Crippen LogP contribution >= 0.6 is 0 Å². The van der Waals surface area contributed by atoms with Gasteiger partial charge in [-0.3, -0.25) is 0 Å². The van der Waals surface area contributed by atoms with Crippen molar-refractivity contribution in [2.75, 3.05) is 0 Å². The van der Waals surface area contributed by atoms with Crippen LogP contribution in [0.15, 0.2) is 49.4 Å². The van der Waals surface area contributed by atoms with Gasteiger partial charge in [0.1, 0.15) is 5.76 Å². The minimum absolute atomic E-state index is 0.226. The molecule has 72 valence electrons. The lowest BCUT2D eigenvalue weighted by atomic mass is 10.3. The summed E-state index contributed by atoms with van der Waals surface area (Å²) in [6.45, 7) is 10.9. The summed E-state index contributed by atoms with van der Waals surface area (Å²) in [5.74, 6) is 0.942. The molecule has 0 rings (SSSR count). The van der Waals surface area contributed by atoms with Crippen LogP contribution < -0.4 is 0 Å². The molecule has 0 aromatic carbocycles. The number of allylic oxidation sites excluding steroid dienone is 3. The maximum Gasteiger partial charge on any atom is 0.282 e. The fourth-order valence-corrected chi connectivity index (χ4v) is 0.672. The smallest absolute Gasteiger partial charge is 0.282 e. The third-order valence-electron chi connectivity index (χ3n) is 1.25. The molecule has 0 aromatic heterocycles. The third-order valence-corrected chi connectivity index (χ3v) is 1.25. The second-order valence-electron chi connectivity index (χ2n) is 2.26. The molecule has 0 saturated carbocycles. The summed E-state index contributed by atoms with van der Waals surface area (Å²) in [4.78, 5) is 0. The van der Waals surface area contributed by atoms with E-state index in [4.69, 9.17) is 9.47 Å². The minimum atomic E-state index is 0.226. The molecule has 0 heterocycles. The van der Waals surface area contributed by atoms with Gasteiger partial charge in [0, 0.05) is 0 Å². The Labute approximate surface area is 79.9 Å². The van der Waals surface area contributed by atoms with Crippen molar-refractivity contribution in [3.05, 3.63) is 49.4 Å². The molecule has 0 N–H and O–H groups in total. The Hall–Kier alpha value is -1.44. The Morgan fingerprint density at radius 3 is 2.62 bits per heavy atom. The van der Waals surface area contributed by atoms with Crippen molar-refractivity contribution in [3.8, 4) is 0 Å².